The van der Waals surface area contributed by atoms with Crippen LogP contribution in [0.3, 0.4) is 0 Å². The number of para-hydroxylation sites is 1. The van der Waals surface area contributed by atoms with E-state index < -0.39 is 0 Å². The molecule has 1 aromatic rings. The fraction of sp³-hybridized carbons (Fsp3) is 0.250. The quantitative estimate of drug-likeness (QED) is 0.566. The summed E-state index contributed by atoms with van der Waals surface area (Å²) in [5.41, 5.74) is 0.491. The van der Waals surface area contributed by atoms with Gasteiger partial charge in [0.1, 0.15) is 0 Å². The molecule has 0 aromatic heterocycles. The van der Waals surface area contributed by atoms with E-state index in [1.807, 2.05) is 6.07 Å². The van der Waals surface area contributed by atoms with Gasteiger partial charge in [-0.1, -0.05) is 22.7 Å². The van der Waals surface area contributed by atoms with Crippen molar-refractivity contribution >= 4 is 5.69 Å². The molecular weight excluding hydrogens is 129 g/mol. The first kappa shape index (κ1) is 7.06. The van der Waals surface area contributed by atoms with Gasteiger partial charge in [0.15, 0.2) is 0 Å². The van der Waals surface area contributed by atoms with Crippen LogP contribution >= 0.6 is 0 Å². The van der Waals surface area contributed by atoms with E-state index in [2.05, 4.69) is 6.07 Å². The van der Waals surface area contributed by atoms with Crippen LogP contribution in [0.4, 0.5) is 10.2 Å². The van der Waals surface area contributed by atoms with Crippen molar-refractivity contribution in [2.45, 2.75) is 6.92 Å². The smallest absolute Gasteiger partial charge is 0.0766 e. The minimum atomic E-state index is 0.362. The SMILES string of the molecule is CCN(F)c1[c]cccc1. The van der Waals surface area contributed by atoms with Gasteiger partial charge in [-0.2, -0.15) is 0 Å². The average Bonchev–Trinajstić information content (AvgIpc) is 2.05. The molecular formula is C8H9FN. The zero-order valence-corrected chi connectivity index (χ0v) is 5.84. The number of hydrogen-bond donors (Lipinski definition) is 0. The molecule has 0 amide bonds. The van der Waals surface area contributed by atoms with Crippen LogP contribution < -0.4 is 5.12 Å². The lowest BCUT2D eigenvalue weighted by Crippen LogP contribution is -2.09. The Morgan fingerprint density at radius 2 is 2.40 bits per heavy atom. The van der Waals surface area contributed by atoms with Gasteiger partial charge in [-0.15, -0.1) is 0 Å². The van der Waals surface area contributed by atoms with Crippen molar-refractivity contribution in [3.8, 4) is 0 Å². The zero-order valence-electron chi connectivity index (χ0n) is 5.84. The summed E-state index contributed by atoms with van der Waals surface area (Å²) in [6.45, 7) is 2.11. The van der Waals surface area contributed by atoms with Crippen LogP contribution in [0.15, 0.2) is 24.3 Å². The van der Waals surface area contributed by atoms with Gasteiger partial charge in [-0.25, -0.2) is 5.12 Å². The second kappa shape index (κ2) is 3.20. The van der Waals surface area contributed by atoms with E-state index in [0.717, 1.165) is 0 Å². The minimum Gasteiger partial charge on any atom is -0.211 e. The highest BCUT2D eigenvalue weighted by molar-refractivity contribution is 5.41. The Morgan fingerprint density at radius 3 is 2.90 bits per heavy atom. The molecule has 0 aliphatic carbocycles. The van der Waals surface area contributed by atoms with E-state index >= 15 is 0 Å². The molecule has 1 aromatic carbocycles. The summed E-state index contributed by atoms with van der Waals surface area (Å²) in [5.74, 6) is 0. The number of nitrogens with zero attached hydrogens (tertiary/aromatic N) is 1. The molecule has 0 saturated carbocycles. The van der Waals surface area contributed by atoms with Gasteiger partial charge in [0, 0.05) is 12.6 Å². The fourth-order valence-corrected chi connectivity index (χ4v) is 0.705. The minimum absolute atomic E-state index is 0.362. The maximum atomic E-state index is 12.7. The third-order valence-corrected chi connectivity index (χ3v) is 1.23. The summed E-state index contributed by atoms with van der Waals surface area (Å²) < 4.78 is 12.7. The molecule has 0 spiro atoms. The molecule has 10 heavy (non-hydrogen) atoms. The summed E-state index contributed by atoms with van der Waals surface area (Å²) >= 11 is 0. The number of hydrogen-bond acceptors (Lipinski definition) is 1. The zero-order chi connectivity index (χ0) is 7.40. The van der Waals surface area contributed by atoms with Crippen LogP contribution in [-0.2, 0) is 0 Å². The molecule has 1 rings (SSSR count). The van der Waals surface area contributed by atoms with Crippen molar-refractivity contribution in [1.29, 1.82) is 0 Å². The summed E-state index contributed by atoms with van der Waals surface area (Å²) in [5, 5.41) is 0.653. The van der Waals surface area contributed by atoms with Crippen molar-refractivity contribution in [2.24, 2.45) is 0 Å². The highest BCUT2D eigenvalue weighted by atomic mass is 19.2. The van der Waals surface area contributed by atoms with Crippen LogP contribution in [0.25, 0.3) is 0 Å². The molecule has 0 aliphatic rings. The lowest BCUT2D eigenvalue weighted by molar-refractivity contribution is 0.444. The Kier molecular flexibility index (Phi) is 2.26. The van der Waals surface area contributed by atoms with E-state index in [1.54, 1.807) is 25.1 Å². The summed E-state index contributed by atoms with van der Waals surface area (Å²) in [7, 11) is 0. The van der Waals surface area contributed by atoms with Crippen molar-refractivity contribution in [3.63, 3.8) is 0 Å². The topological polar surface area (TPSA) is 3.24 Å². The molecule has 1 radical (unpaired) electrons. The molecule has 2 heteroatoms. The van der Waals surface area contributed by atoms with E-state index in [-0.39, 0.29) is 0 Å². The highest BCUT2D eigenvalue weighted by Crippen LogP contribution is 2.11. The lowest BCUT2D eigenvalue weighted by atomic mass is 10.3. The van der Waals surface area contributed by atoms with Crippen molar-refractivity contribution in [1.82, 2.24) is 0 Å². The van der Waals surface area contributed by atoms with Gasteiger partial charge in [-0.05, 0) is 13.0 Å². The standard InChI is InChI=1S/C8H9FN/c1-2-10(9)8-6-4-3-5-7-8/h3-6H,2H2,1H3. The van der Waals surface area contributed by atoms with E-state index in [1.165, 1.54) is 0 Å². The summed E-state index contributed by atoms with van der Waals surface area (Å²) in [4.78, 5) is 0. The monoisotopic (exact) mass is 138 g/mol. The summed E-state index contributed by atoms with van der Waals surface area (Å²) in [6, 6.07) is 9.74. The number of anilines is 1. The molecule has 0 aliphatic heterocycles. The van der Waals surface area contributed by atoms with E-state index in [4.69, 9.17) is 0 Å². The first-order chi connectivity index (χ1) is 4.84. The molecule has 53 valence electrons. The van der Waals surface area contributed by atoms with E-state index in [9.17, 15) is 4.48 Å². The summed E-state index contributed by atoms with van der Waals surface area (Å²) in [6.07, 6.45) is 0. The van der Waals surface area contributed by atoms with Crippen LogP contribution in [-0.4, -0.2) is 6.54 Å². The first-order valence-electron chi connectivity index (χ1n) is 3.24. The predicted octanol–water partition coefficient (Wildman–Crippen LogP) is 2.20. The van der Waals surface area contributed by atoms with E-state index in [0.29, 0.717) is 17.4 Å². The van der Waals surface area contributed by atoms with Crippen molar-refractivity contribution < 1.29 is 4.48 Å². The van der Waals surface area contributed by atoms with Gasteiger partial charge >= 0.3 is 0 Å². The maximum Gasteiger partial charge on any atom is 0.0766 e. The van der Waals surface area contributed by atoms with Crippen LogP contribution in [0.1, 0.15) is 6.92 Å². The van der Waals surface area contributed by atoms with Crippen molar-refractivity contribution in [3.05, 3.63) is 30.3 Å². The Bertz CT molecular complexity index is 186. The van der Waals surface area contributed by atoms with Gasteiger partial charge in [0.2, 0.25) is 0 Å². The Morgan fingerprint density at radius 1 is 1.60 bits per heavy atom. The molecule has 0 atom stereocenters. The largest absolute Gasteiger partial charge is 0.211 e. The van der Waals surface area contributed by atoms with Crippen LogP contribution in [0.5, 0.6) is 0 Å². The van der Waals surface area contributed by atoms with Gasteiger partial charge in [-0.3, -0.25) is 0 Å². The fourth-order valence-electron chi connectivity index (χ4n) is 0.705. The second-order valence-corrected chi connectivity index (χ2v) is 1.93. The third kappa shape index (κ3) is 1.47. The average molecular weight is 138 g/mol. The molecule has 0 fully saturated rings. The Labute approximate surface area is 60.0 Å². The number of benzene rings is 1. The Balaban J connectivity index is 2.75. The first-order valence-corrected chi connectivity index (χ1v) is 3.24. The number of rotatable bonds is 2. The molecule has 0 saturated heterocycles. The van der Waals surface area contributed by atoms with Gasteiger partial charge in [0.05, 0.1) is 5.69 Å². The van der Waals surface area contributed by atoms with Gasteiger partial charge < -0.3 is 0 Å². The van der Waals surface area contributed by atoms with Crippen molar-refractivity contribution in [2.75, 3.05) is 11.7 Å². The lowest BCUT2D eigenvalue weighted by Gasteiger charge is -2.08. The second-order valence-electron chi connectivity index (χ2n) is 1.93. The van der Waals surface area contributed by atoms with Crippen LogP contribution in [0.2, 0.25) is 0 Å². The van der Waals surface area contributed by atoms with Crippen LogP contribution in [0, 0.1) is 6.07 Å². The molecule has 1 nitrogen and oxygen atoms in total. The normalized spacial score (nSPS) is 9.40. The molecule has 0 heterocycles. The highest BCUT2D eigenvalue weighted by Gasteiger charge is 1.98. The predicted molar refractivity (Wildman–Crippen MR) is 39.4 cm³/mol. The van der Waals surface area contributed by atoms with Gasteiger partial charge in [0.25, 0.3) is 0 Å². The maximum absolute atomic E-state index is 12.7. The Hall–Kier alpha value is -1.05. The number of halogens is 1. The molecule has 0 N–H and O–H groups in total. The molecule has 0 unspecified atom stereocenters. The third-order valence-electron chi connectivity index (χ3n) is 1.23. The molecule has 0 bridgehead atoms.